The first kappa shape index (κ1) is 16.4. The summed E-state index contributed by atoms with van der Waals surface area (Å²) in [6, 6.07) is 5.24. The Morgan fingerprint density at radius 2 is 2.16 bits per heavy atom. The fourth-order valence-electron chi connectivity index (χ4n) is 2.04. The maximum atomic E-state index is 13.1. The average Bonchev–Trinajstić information content (AvgIpc) is 2.40. The fourth-order valence-corrected chi connectivity index (χ4v) is 2.24. The van der Waals surface area contributed by atoms with Gasteiger partial charge >= 0.3 is 0 Å². The third-order valence-electron chi connectivity index (χ3n) is 3.17. The summed E-state index contributed by atoms with van der Waals surface area (Å²) < 4.78 is 18.5. The van der Waals surface area contributed by atoms with Crippen molar-refractivity contribution < 1.29 is 9.13 Å². The second-order valence-electron chi connectivity index (χ2n) is 4.89. The van der Waals surface area contributed by atoms with Crippen LogP contribution in [0.3, 0.4) is 0 Å². The molecule has 1 aromatic rings. The van der Waals surface area contributed by atoms with Crippen LogP contribution in [-0.2, 0) is 11.2 Å². The topological polar surface area (TPSA) is 21.3 Å². The van der Waals surface area contributed by atoms with E-state index in [1.165, 1.54) is 6.07 Å². The maximum Gasteiger partial charge on any atom is 0.141 e. The zero-order chi connectivity index (χ0) is 14.3. The van der Waals surface area contributed by atoms with E-state index < -0.39 is 0 Å². The minimum absolute atomic E-state index is 0.187. The molecular weight excluding hydrogens is 265 g/mol. The average molecular weight is 288 g/mol. The Balaban J connectivity index is 2.66. The van der Waals surface area contributed by atoms with Gasteiger partial charge in [-0.15, -0.1) is 0 Å². The molecule has 0 saturated heterocycles. The Labute approximate surface area is 120 Å². The van der Waals surface area contributed by atoms with E-state index in [0.717, 1.165) is 31.4 Å². The van der Waals surface area contributed by atoms with Crippen LogP contribution in [0.2, 0.25) is 5.02 Å². The lowest BCUT2D eigenvalue weighted by atomic mass is 10.0. The van der Waals surface area contributed by atoms with Gasteiger partial charge in [-0.1, -0.05) is 24.6 Å². The quantitative estimate of drug-likeness (QED) is 0.785. The molecule has 0 heterocycles. The van der Waals surface area contributed by atoms with Gasteiger partial charge in [-0.2, -0.15) is 0 Å². The third kappa shape index (κ3) is 5.89. The predicted molar refractivity (Wildman–Crippen MR) is 78.3 cm³/mol. The Kier molecular flexibility index (Phi) is 7.36. The number of rotatable bonds is 8. The first-order valence-corrected chi connectivity index (χ1v) is 7.14. The highest BCUT2D eigenvalue weighted by molar-refractivity contribution is 6.30. The zero-order valence-corrected chi connectivity index (χ0v) is 12.6. The Morgan fingerprint density at radius 1 is 1.42 bits per heavy atom. The van der Waals surface area contributed by atoms with Gasteiger partial charge in [-0.3, -0.25) is 0 Å². The first-order chi connectivity index (χ1) is 9.06. The lowest BCUT2D eigenvalue weighted by Crippen LogP contribution is -2.35. The number of hydrogen-bond acceptors (Lipinski definition) is 2. The zero-order valence-electron chi connectivity index (χ0n) is 11.9. The van der Waals surface area contributed by atoms with Crippen molar-refractivity contribution >= 4 is 11.6 Å². The fraction of sp³-hybridized carbons (Fsp3) is 0.600. The van der Waals surface area contributed by atoms with Crippen molar-refractivity contribution in [1.82, 2.24) is 5.32 Å². The van der Waals surface area contributed by atoms with Crippen LogP contribution in [0.5, 0.6) is 0 Å². The summed E-state index contributed by atoms with van der Waals surface area (Å²) in [5, 5.41) is 3.69. The van der Waals surface area contributed by atoms with E-state index in [1.807, 2.05) is 0 Å². The number of benzene rings is 1. The molecule has 0 aromatic heterocycles. The summed E-state index contributed by atoms with van der Waals surface area (Å²) in [6.45, 7) is 5.16. The van der Waals surface area contributed by atoms with E-state index in [4.69, 9.17) is 16.3 Å². The maximum absolute atomic E-state index is 13.1. The number of methoxy groups -OCH3 is 1. The highest BCUT2D eigenvalue weighted by atomic mass is 35.5. The molecule has 0 aliphatic heterocycles. The van der Waals surface area contributed by atoms with Gasteiger partial charge in [0.15, 0.2) is 0 Å². The minimum Gasteiger partial charge on any atom is -0.382 e. The number of halogens is 2. The first-order valence-electron chi connectivity index (χ1n) is 6.76. The van der Waals surface area contributed by atoms with Crippen LogP contribution in [0.25, 0.3) is 0 Å². The van der Waals surface area contributed by atoms with Crippen LogP contribution in [-0.4, -0.2) is 25.8 Å². The summed E-state index contributed by atoms with van der Waals surface area (Å²) in [5.41, 5.74) is 1.04. The summed E-state index contributed by atoms with van der Waals surface area (Å²) in [7, 11) is 1.72. The summed E-state index contributed by atoms with van der Waals surface area (Å²) in [5.74, 6) is -0.367. The van der Waals surface area contributed by atoms with Crippen LogP contribution < -0.4 is 5.32 Å². The van der Waals surface area contributed by atoms with Crippen LogP contribution in [0, 0.1) is 5.82 Å². The SMILES string of the molecule is CCCNC(Cc1ccc(F)c(Cl)c1)CC(C)OC. The van der Waals surface area contributed by atoms with Gasteiger partial charge in [-0.25, -0.2) is 4.39 Å². The van der Waals surface area contributed by atoms with Crippen molar-refractivity contribution in [3.05, 3.63) is 34.6 Å². The van der Waals surface area contributed by atoms with Gasteiger partial charge in [0.1, 0.15) is 5.82 Å². The molecule has 0 aliphatic rings. The standard InChI is InChI=1S/C15H23ClFNO/c1-4-7-18-13(8-11(2)19-3)9-12-5-6-15(17)14(16)10-12/h5-6,10-11,13,18H,4,7-9H2,1-3H3. The predicted octanol–water partition coefficient (Wildman–Crippen LogP) is 3.81. The molecule has 0 radical (unpaired) electrons. The molecular formula is C15H23ClFNO. The smallest absolute Gasteiger partial charge is 0.141 e. The van der Waals surface area contributed by atoms with Gasteiger partial charge in [0, 0.05) is 13.2 Å². The van der Waals surface area contributed by atoms with Crippen LogP contribution in [0.1, 0.15) is 32.3 Å². The minimum atomic E-state index is -0.367. The third-order valence-corrected chi connectivity index (χ3v) is 3.46. The van der Waals surface area contributed by atoms with Crippen molar-refractivity contribution in [1.29, 1.82) is 0 Å². The van der Waals surface area contributed by atoms with Crippen LogP contribution in [0.4, 0.5) is 4.39 Å². The number of nitrogens with one attached hydrogen (secondary N) is 1. The largest absolute Gasteiger partial charge is 0.382 e. The van der Waals surface area contributed by atoms with Gasteiger partial charge in [0.05, 0.1) is 11.1 Å². The molecule has 19 heavy (non-hydrogen) atoms. The van der Waals surface area contributed by atoms with Gasteiger partial charge in [0.25, 0.3) is 0 Å². The monoisotopic (exact) mass is 287 g/mol. The van der Waals surface area contributed by atoms with Crippen molar-refractivity contribution in [3.63, 3.8) is 0 Å². The Bertz CT molecular complexity index is 386. The van der Waals surface area contributed by atoms with Gasteiger partial charge < -0.3 is 10.1 Å². The summed E-state index contributed by atoms with van der Waals surface area (Å²) in [4.78, 5) is 0. The van der Waals surface area contributed by atoms with Crippen LogP contribution >= 0.6 is 11.6 Å². The number of hydrogen-bond donors (Lipinski definition) is 1. The van der Waals surface area contributed by atoms with Crippen molar-refractivity contribution in [2.24, 2.45) is 0 Å². The Hall–Kier alpha value is -0.640. The van der Waals surface area contributed by atoms with Crippen molar-refractivity contribution in [2.75, 3.05) is 13.7 Å². The molecule has 1 N–H and O–H groups in total. The lowest BCUT2D eigenvalue weighted by molar-refractivity contribution is 0.100. The van der Waals surface area contributed by atoms with E-state index in [-0.39, 0.29) is 16.9 Å². The molecule has 108 valence electrons. The molecule has 1 rings (SSSR count). The van der Waals surface area contributed by atoms with Crippen molar-refractivity contribution in [2.45, 2.75) is 45.3 Å². The van der Waals surface area contributed by atoms with Gasteiger partial charge in [0.2, 0.25) is 0 Å². The second-order valence-corrected chi connectivity index (χ2v) is 5.29. The van der Waals surface area contributed by atoms with E-state index in [9.17, 15) is 4.39 Å². The molecule has 0 aliphatic carbocycles. The molecule has 0 saturated carbocycles. The molecule has 2 atom stereocenters. The molecule has 0 spiro atoms. The van der Waals surface area contributed by atoms with Crippen LogP contribution in [0.15, 0.2) is 18.2 Å². The van der Waals surface area contributed by atoms with E-state index in [0.29, 0.717) is 6.04 Å². The van der Waals surface area contributed by atoms with Gasteiger partial charge in [-0.05, 0) is 50.4 Å². The summed E-state index contributed by atoms with van der Waals surface area (Å²) >= 11 is 5.81. The molecule has 0 bridgehead atoms. The highest BCUT2D eigenvalue weighted by Crippen LogP contribution is 2.18. The highest BCUT2D eigenvalue weighted by Gasteiger charge is 2.13. The number of ether oxygens (including phenoxy) is 1. The second kappa shape index (κ2) is 8.51. The molecule has 2 nitrogen and oxygen atoms in total. The molecule has 2 unspecified atom stereocenters. The normalized spacial score (nSPS) is 14.4. The Morgan fingerprint density at radius 3 is 2.74 bits per heavy atom. The van der Waals surface area contributed by atoms with Crippen molar-refractivity contribution in [3.8, 4) is 0 Å². The van der Waals surface area contributed by atoms with E-state index in [2.05, 4.69) is 19.2 Å². The van der Waals surface area contributed by atoms with E-state index >= 15 is 0 Å². The molecule has 4 heteroatoms. The molecule has 1 aromatic carbocycles. The molecule has 0 amide bonds. The summed E-state index contributed by atoms with van der Waals surface area (Å²) in [6.07, 6.45) is 3.03. The molecule has 0 fully saturated rings. The lowest BCUT2D eigenvalue weighted by Gasteiger charge is -2.22. The van der Waals surface area contributed by atoms with E-state index in [1.54, 1.807) is 19.2 Å².